The van der Waals surface area contributed by atoms with Gasteiger partial charge in [-0.15, -0.1) is 0 Å². The van der Waals surface area contributed by atoms with Gasteiger partial charge in [0.2, 0.25) is 0 Å². The number of hydrogen-bond acceptors (Lipinski definition) is 5. The summed E-state index contributed by atoms with van der Waals surface area (Å²) in [5, 5.41) is 3.17. The third kappa shape index (κ3) is 3.86. The smallest absolute Gasteiger partial charge is 0.274 e. The number of carbonyl (C=O) groups is 1. The Kier molecular flexibility index (Phi) is 4.88. The average molecular weight is 377 g/mol. The zero-order valence-corrected chi connectivity index (χ0v) is 14.3. The molecule has 120 valence electrons. The molecule has 6 nitrogen and oxygen atoms in total. The largest absolute Gasteiger partial charge is 0.378 e. The fourth-order valence-corrected chi connectivity index (χ4v) is 2.63. The molecule has 23 heavy (non-hydrogen) atoms. The van der Waals surface area contributed by atoms with Crippen LogP contribution in [0.5, 0.6) is 0 Å². The third-order valence-corrected chi connectivity index (χ3v) is 4.47. The number of ether oxygens (including phenoxy) is 1. The second kappa shape index (κ2) is 7.06. The Labute approximate surface area is 143 Å². The highest BCUT2D eigenvalue weighted by atomic mass is 79.9. The number of rotatable bonds is 3. The fraction of sp³-hybridized carbons (Fsp3) is 0.312. The monoisotopic (exact) mass is 376 g/mol. The van der Waals surface area contributed by atoms with Crippen molar-refractivity contribution in [2.75, 3.05) is 31.6 Å². The molecule has 7 heteroatoms. The lowest BCUT2D eigenvalue weighted by atomic mass is 10.2. The van der Waals surface area contributed by atoms with Crippen LogP contribution >= 0.6 is 15.9 Å². The van der Waals surface area contributed by atoms with Crippen LogP contribution in [-0.2, 0) is 4.74 Å². The minimum Gasteiger partial charge on any atom is -0.378 e. The molecule has 1 aliphatic rings. The van der Waals surface area contributed by atoms with E-state index in [4.69, 9.17) is 4.74 Å². The second-order valence-corrected chi connectivity index (χ2v) is 6.13. The lowest BCUT2D eigenvalue weighted by Crippen LogP contribution is -2.41. The highest BCUT2D eigenvalue weighted by Gasteiger charge is 2.19. The van der Waals surface area contributed by atoms with Gasteiger partial charge in [-0.25, -0.2) is 9.97 Å². The van der Waals surface area contributed by atoms with Gasteiger partial charge in [-0.2, -0.15) is 0 Å². The van der Waals surface area contributed by atoms with Crippen LogP contribution in [0.15, 0.2) is 35.1 Å². The van der Waals surface area contributed by atoms with Gasteiger partial charge in [0.25, 0.3) is 5.91 Å². The van der Waals surface area contributed by atoms with Crippen LogP contribution < -0.4 is 5.32 Å². The predicted octanol–water partition coefficient (Wildman–Crippen LogP) is 2.76. The van der Waals surface area contributed by atoms with Crippen molar-refractivity contribution in [2.45, 2.75) is 6.92 Å². The van der Waals surface area contributed by atoms with Crippen LogP contribution in [0.2, 0.25) is 0 Å². The lowest BCUT2D eigenvalue weighted by Gasteiger charge is -2.26. The van der Waals surface area contributed by atoms with E-state index in [1.807, 2.05) is 25.1 Å². The second-order valence-electron chi connectivity index (χ2n) is 5.28. The molecular formula is C16H17BrN4O2. The van der Waals surface area contributed by atoms with Crippen molar-refractivity contribution in [3.8, 4) is 0 Å². The molecule has 3 rings (SSSR count). The van der Waals surface area contributed by atoms with Gasteiger partial charge in [0.15, 0.2) is 0 Å². The maximum atomic E-state index is 12.3. The number of benzene rings is 1. The van der Waals surface area contributed by atoms with E-state index in [2.05, 4.69) is 31.2 Å². The van der Waals surface area contributed by atoms with E-state index in [1.54, 1.807) is 11.1 Å². The first kappa shape index (κ1) is 15.9. The molecule has 1 amide bonds. The van der Waals surface area contributed by atoms with Gasteiger partial charge in [0, 0.05) is 23.2 Å². The van der Waals surface area contributed by atoms with E-state index < -0.39 is 0 Å². The Morgan fingerprint density at radius 1 is 1.26 bits per heavy atom. The molecule has 2 aromatic rings. The number of amides is 1. The molecule has 0 saturated carbocycles. The molecule has 1 aromatic carbocycles. The minimum atomic E-state index is -0.106. The topological polar surface area (TPSA) is 67.4 Å². The van der Waals surface area contributed by atoms with Crippen LogP contribution in [0.25, 0.3) is 0 Å². The van der Waals surface area contributed by atoms with Crippen molar-refractivity contribution in [3.05, 3.63) is 46.3 Å². The SMILES string of the molecule is Cc1ccc(Nc2cnc(C(=O)N3CCOCC3)cn2)cc1Br. The van der Waals surface area contributed by atoms with Crippen LogP contribution in [0.4, 0.5) is 11.5 Å². The Morgan fingerprint density at radius 3 is 2.70 bits per heavy atom. The third-order valence-electron chi connectivity index (χ3n) is 3.61. The number of halogens is 1. The maximum absolute atomic E-state index is 12.3. The summed E-state index contributed by atoms with van der Waals surface area (Å²) < 4.78 is 6.27. The molecule has 0 atom stereocenters. The van der Waals surface area contributed by atoms with E-state index in [0.29, 0.717) is 37.8 Å². The summed E-state index contributed by atoms with van der Waals surface area (Å²) in [5.41, 5.74) is 2.42. The van der Waals surface area contributed by atoms with Gasteiger partial charge < -0.3 is 15.0 Å². The number of aromatic nitrogens is 2. The van der Waals surface area contributed by atoms with Gasteiger partial charge in [0.1, 0.15) is 11.5 Å². The summed E-state index contributed by atoms with van der Waals surface area (Å²) in [6.45, 7) is 4.36. The highest BCUT2D eigenvalue weighted by Crippen LogP contribution is 2.22. The number of nitrogens with zero attached hydrogens (tertiary/aromatic N) is 3. The van der Waals surface area contributed by atoms with Gasteiger partial charge in [-0.3, -0.25) is 4.79 Å². The normalized spacial score (nSPS) is 14.6. The van der Waals surface area contributed by atoms with Gasteiger partial charge >= 0.3 is 0 Å². The molecular weight excluding hydrogens is 360 g/mol. The van der Waals surface area contributed by atoms with Crippen LogP contribution in [0.1, 0.15) is 16.1 Å². The average Bonchev–Trinajstić information content (AvgIpc) is 2.59. The van der Waals surface area contributed by atoms with E-state index in [9.17, 15) is 4.79 Å². The van der Waals surface area contributed by atoms with Crippen molar-refractivity contribution in [1.29, 1.82) is 0 Å². The highest BCUT2D eigenvalue weighted by molar-refractivity contribution is 9.10. The molecule has 0 unspecified atom stereocenters. The molecule has 0 radical (unpaired) electrons. The molecule has 1 N–H and O–H groups in total. The number of hydrogen-bond donors (Lipinski definition) is 1. The van der Waals surface area contributed by atoms with E-state index in [0.717, 1.165) is 15.7 Å². The molecule has 1 aliphatic heterocycles. The van der Waals surface area contributed by atoms with Crippen LogP contribution in [0.3, 0.4) is 0 Å². The molecule has 1 saturated heterocycles. The Balaban J connectivity index is 1.68. The molecule has 1 aromatic heterocycles. The van der Waals surface area contributed by atoms with Crippen molar-refractivity contribution < 1.29 is 9.53 Å². The standard InChI is InChI=1S/C16H17BrN4O2/c1-11-2-3-12(8-13(11)17)20-15-10-18-14(9-19-15)16(22)21-4-6-23-7-5-21/h2-3,8-10H,4-7H2,1H3,(H,19,20). The van der Waals surface area contributed by atoms with E-state index >= 15 is 0 Å². The number of aryl methyl sites for hydroxylation is 1. The van der Waals surface area contributed by atoms with Crippen LogP contribution in [0, 0.1) is 6.92 Å². The van der Waals surface area contributed by atoms with Crippen molar-refractivity contribution >= 4 is 33.3 Å². The number of carbonyl (C=O) groups excluding carboxylic acids is 1. The summed E-state index contributed by atoms with van der Waals surface area (Å²) in [6, 6.07) is 5.95. The number of anilines is 2. The number of morpholine rings is 1. The summed E-state index contributed by atoms with van der Waals surface area (Å²) in [6.07, 6.45) is 3.07. The van der Waals surface area contributed by atoms with Crippen molar-refractivity contribution in [1.82, 2.24) is 14.9 Å². The Bertz CT molecular complexity index is 700. The first-order valence-corrected chi connectivity index (χ1v) is 8.15. The first-order valence-electron chi connectivity index (χ1n) is 7.36. The van der Waals surface area contributed by atoms with Crippen molar-refractivity contribution in [2.24, 2.45) is 0 Å². The lowest BCUT2D eigenvalue weighted by molar-refractivity contribution is 0.0298. The first-order chi connectivity index (χ1) is 11.1. The minimum absolute atomic E-state index is 0.106. The predicted molar refractivity (Wildman–Crippen MR) is 90.9 cm³/mol. The molecule has 0 aliphatic carbocycles. The van der Waals surface area contributed by atoms with E-state index in [-0.39, 0.29) is 5.91 Å². The summed E-state index contributed by atoms with van der Waals surface area (Å²) in [7, 11) is 0. The maximum Gasteiger partial charge on any atom is 0.274 e. The van der Waals surface area contributed by atoms with E-state index in [1.165, 1.54) is 6.20 Å². The quantitative estimate of drug-likeness (QED) is 0.891. The zero-order chi connectivity index (χ0) is 16.2. The molecule has 1 fully saturated rings. The fourth-order valence-electron chi connectivity index (χ4n) is 2.25. The summed E-state index contributed by atoms with van der Waals surface area (Å²) >= 11 is 3.50. The Morgan fingerprint density at radius 2 is 2.04 bits per heavy atom. The van der Waals surface area contributed by atoms with Crippen molar-refractivity contribution in [3.63, 3.8) is 0 Å². The van der Waals surface area contributed by atoms with Crippen LogP contribution in [-0.4, -0.2) is 47.1 Å². The Hall–Kier alpha value is -1.99. The summed E-state index contributed by atoms with van der Waals surface area (Å²) in [4.78, 5) is 22.5. The molecule has 0 spiro atoms. The van der Waals surface area contributed by atoms with Gasteiger partial charge in [-0.05, 0) is 24.6 Å². The zero-order valence-electron chi connectivity index (χ0n) is 12.8. The molecule has 0 bridgehead atoms. The number of nitrogens with one attached hydrogen (secondary N) is 1. The van der Waals surface area contributed by atoms with Gasteiger partial charge in [0.05, 0.1) is 25.6 Å². The summed E-state index contributed by atoms with van der Waals surface area (Å²) in [5.74, 6) is 0.490. The molecule has 2 heterocycles. The van der Waals surface area contributed by atoms with Gasteiger partial charge in [-0.1, -0.05) is 22.0 Å².